The van der Waals surface area contributed by atoms with E-state index in [1.807, 2.05) is 54.6 Å². The molecule has 0 bridgehead atoms. The van der Waals surface area contributed by atoms with Gasteiger partial charge in [0.25, 0.3) is 0 Å². The quantitative estimate of drug-likeness (QED) is 0.473. The lowest BCUT2D eigenvalue weighted by atomic mass is 9.75. The first kappa shape index (κ1) is 17.4. The molecule has 1 aliphatic carbocycles. The zero-order valence-corrected chi connectivity index (χ0v) is 14.9. The number of hydrogen-bond donors (Lipinski definition) is 1. The molecule has 2 unspecified atom stereocenters. The number of hydrazone groups is 1. The van der Waals surface area contributed by atoms with Gasteiger partial charge in [-0.3, -0.25) is 4.79 Å². The van der Waals surface area contributed by atoms with Crippen LogP contribution in [0.3, 0.4) is 0 Å². The highest BCUT2D eigenvalue weighted by Crippen LogP contribution is 2.38. The molecule has 0 fully saturated rings. The zero-order valence-electron chi connectivity index (χ0n) is 14.2. The first-order valence-electron chi connectivity index (χ1n) is 8.42. The summed E-state index contributed by atoms with van der Waals surface area (Å²) in [5.41, 5.74) is 6.12. The average Bonchev–Trinajstić information content (AvgIpc) is 2.63. The maximum absolute atomic E-state index is 12.7. The van der Waals surface area contributed by atoms with Gasteiger partial charge in [-0.1, -0.05) is 65.7 Å². The van der Waals surface area contributed by atoms with Crippen LogP contribution in [-0.2, 0) is 4.79 Å². The van der Waals surface area contributed by atoms with E-state index in [9.17, 15) is 4.79 Å². The third-order valence-electron chi connectivity index (χ3n) is 4.57. The fourth-order valence-electron chi connectivity index (χ4n) is 3.21. The van der Waals surface area contributed by atoms with E-state index in [2.05, 4.69) is 23.5 Å². The Kier molecular flexibility index (Phi) is 5.67. The van der Waals surface area contributed by atoms with Crippen LogP contribution in [0.4, 0.5) is 0 Å². The monoisotopic (exact) mass is 352 g/mol. The molecule has 3 nitrogen and oxygen atoms in total. The highest BCUT2D eigenvalue weighted by Gasteiger charge is 2.31. The van der Waals surface area contributed by atoms with Crippen LogP contribution >= 0.6 is 11.6 Å². The lowest BCUT2D eigenvalue weighted by Crippen LogP contribution is -2.33. The predicted octanol–water partition coefficient (Wildman–Crippen LogP) is 4.93. The van der Waals surface area contributed by atoms with E-state index >= 15 is 0 Å². The Hall–Kier alpha value is -2.39. The number of carbonyl (C=O) groups excluding carboxylic acids is 1. The molecule has 0 heterocycles. The van der Waals surface area contributed by atoms with Crippen molar-refractivity contribution in [3.8, 4) is 0 Å². The fraction of sp³-hybridized carbons (Fsp3) is 0.238. The number of allylic oxidation sites excluding steroid dienone is 2. The highest BCUT2D eigenvalue weighted by atomic mass is 35.5. The summed E-state index contributed by atoms with van der Waals surface area (Å²) >= 11 is 6.00. The van der Waals surface area contributed by atoms with Crippen molar-refractivity contribution < 1.29 is 4.79 Å². The molecule has 2 aromatic rings. The van der Waals surface area contributed by atoms with Crippen molar-refractivity contribution in [1.29, 1.82) is 0 Å². The molecule has 0 radical (unpaired) electrons. The summed E-state index contributed by atoms with van der Waals surface area (Å²) in [4.78, 5) is 12.7. The third-order valence-corrected chi connectivity index (χ3v) is 4.82. The molecule has 0 spiro atoms. The summed E-state index contributed by atoms with van der Waals surface area (Å²) < 4.78 is 0. The van der Waals surface area contributed by atoms with Crippen LogP contribution in [0.2, 0.25) is 5.02 Å². The molecule has 1 amide bonds. The summed E-state index contributed by atoms with van der Waals surface area (Å²) in [5.74, 6) is -0.0251. The molecule has 25 heavy (non-hydrogen) atoms. The van der Waals surface area contributed by atoms with Crippen molar-refractivity contribution in [2.45, 2.75) is 25.7 Å². The lowest BCUT2D eigenvalue weighted by Gasteiger charge is -2.29. The van der Waals surface area contributed by atoms with Crippen LogP contribution in [0.15, 0.2) is 71.3 Å². The van der Waals surface area contributed by atoms with E-state index in [0.29, 0.717) is 5.02 Å². The van der Waals surface area contributed by atoms with Crippen LogP contribution in [0.1, 0.15) is 36.8 Å². The van der Waals surface area contributed by atoms with Crippen LogP contribution < -0.4 is 5.43 Å². The van der Waals surface area contributed by atoms with E-state index in [0.717, 1.165) is 24.0 Å². The van der Waals surface area contributed by atoms with Crippen LogP contribution in [0, 0.1) is 5.92 Å². The standard InChI is InChI=1S/C21H21ClN2O/c1-15-7-12-19(20(13-15)17-8-10-18(22)11-9-17)21(25)24-23-14-16-5-3-2-4-6-16/h2-11,14,19-20H,12-13H2,1H3,(H,24,25). The third kappa shape index (κ3) is 4.58. The second-order valence-corrected chi connectivity index (χ2v) is 6.84. The summed E-state index contributed by atoms with van der Waals surface area (Å²) in [5, 5.41) is 4.82. The Morgan fingerprint density at radius 1 is 1.16 bits per heavy atom. The van der Waals surface area contributed by atoms with Crippen molar-refractivity contribution >= 4 is 23.7 Å². The van der Waals surface area contributed by atoms with Gasteiger partial charge in [-0.15, -0.1) is 0 Å². The van der Waals surface area contributed by atoms with Gasteiger partial charge >= 0.3 is 0 Å². The highest BCUT2D eigenvalue weighted by molar-refractivity contribution is 6.30. The van der Waals surface area contributed by atoms with E-state index in [-0.39, 0.29) is 17.7 Å². The molecule has 0 aliphatic heterocycles. The molecular weight excluding hydrogens is 332 g/mol. The summed E-state index contributed by atoms with van der Waals surface area (Å²) in [7, 11) is 0. The topological polar surface area (TPSA) is 41.5 Å². The summed E-state index contributed by atoms with van der Waals surface area (Å²) in [6.07, 6.45) is 5.42. The fourth-order valence-corrected chi connectivity index (χ4v) is 3.33. The maximum atomic E-state index is 12.7. The van der Waals surface area contributed by atoms with Gasteiger partial charge in [-0.25, -0.2) is 5.43 Å². The number of amides is 1. The normalized spacial score (nSPS) is 20.3. The molecule has 2 aromatic carbocycles. The number of halogens is 1. The minimum Gasteiger partial charge on any atom is -0.273 e. The van der Waals surface area contributed by atoms with Gasteiger partial charge < -0.3 is 0 Å². The van der Waals surface area contributed by atoms with Crippen LogP contribution in [0.5, 0.6) is 0 Å². The Balaban J connectivity index is 1.72. The van der Waals surface area contributed by atoms with E-state index in [4.69, 9.17) is 11.6 Å². The molecule has 2 atom stereocenters. The number of benzene rings is 2. The largest absolute Gasteiger partial charge is 0.273 e. The van der Waals surface area contributed by atoms with E-state index < -0.39 is 0 Å². The molecule has 0 saturated heterocycles. The summed E-state index contributed by atoms with van der Waals surface area (Å²) in [6.45, 7) is 2.12. The van der Waals surface area contributed by atoms with Gasteiger partial charge in [0.15, 0.2) is 0 Å². The number of nitrogens with one attached hydrogen (secondary N) is 1. The Labute approximate surface area is 153 Å². The van der Waals surface area contributed by atoms with Gasteiger partial charge in [0, 0.05) is 5.02 Å². The SMILES string of the molecule is CC1=CCC(C(=O)NN=Cc2ccccc2)C(c2ccc(Cl)cc2)C1. The number of carbonyl (C=O) groups is 1. The lowest BCUT2D eigenvalue weighted by molar-refractivity contribution is -0.125. The second-order valence-electron chi connectivity index (χ2n) is 6.40. The Bertz CT molecular complexity index is 781. The minimum absolute atomic E-state index is 0.0455. The Morgan fingerprint density at radius 3 is 2.60 bits per heavy atom. The maximum Gasteiger partial charge on any atom is 0.244 e. The van der Waals surface area contributed by atoms with Crippen molar-refractivity contribution in [3.63, 3.8) is 0 Å². The first-order chi connectivity index (χ1) is 12.1. The zero-order chi connectivity index (χ0) is 17.6. The predicted molar refractivity (Wildman–Crippen MR) is 103 cm³/mol. The van der Waals surface area contributed by atoms with Crippen LogP contribution in [0.25, 0.3) is 0 Å². The minimum atomic E-state index is -0.127. The first-order valence-corrected chi connectivity index (χ1v) is 8.80. The van der Waals surface area contributed by atoms with Crippen molar-refractivity contribution in [3.05, 3.63) is 82.4 Å². The molecule has 4 heteroatoms. The van der Waals surface area contributed by atoms with Crippen molar-refractivity contribution in [2.75, 3.05) is 0 Å². The van der Waals surface area contributed by atoms with Crippen molar-refractivity contribution in [2.24, 2.45) is 11.0 Å². The summed E-state index contributed by atoms with van der Waals surface area (Å²) in [6, 6.07) is 17.5. The molecule has 128 valence electrons. The molecule has 3 rings (SSSR count). The van der Waals surface area contributed by atoms with Gasteiger partial charge in [0.1, 0.15) is 0 Å². The number of nitrogens with zero attached hydrogens (tertiary/aromatic N) is 1. The van der Waals surface area contributed by atoms with Gasteiger partial charge in [0.05, 0.1) is 12.1 Å². The van der Waals surface area contributed by atoms with E-state index in [1.54, 1.807) is 6.21 Å². The Morgan fingerprint density at radius 2 is 1.88 bits per heavy atom. The molecule has 0 aromatic heterocycles. The average molecular weight is 353 g/mol. The second kappa shape index (κ2) is 8.13. The van der Waals surface area contributed by atoms with Crippen molar-refractivity contribution in [1.82, 2.24) is 5.43 Å². The van der Waals surface area contributed by atoms with Gasteiger partial charge in [-0.2, -0.15) is 5.10 Å². The number of hydrogen-bond acceptors (Lipinski definition) is 2. The van der Waals surface area contributed by atoms with E-state index in [1.165, 1.54) is 5.57 Å². The smallest absolute Gasteiger partial charge is 0.244 e. The molecule has 0 saturated carbocycles. The van der Waals surface area contributed by atoms with Crippen LogP contribution in [-0.4, -0.2) is 12.1 Å². The molecule has 1 N–H and O–H groups in total. The molecular formula is C21H21ClN2O. The number of rotatable bonds is 4. The van der Waals surface area contributed by atoms with Gasteiger partial charge in [0.2, 0.25) is 5.91 Å². The van der Waals surface area contributed by atoms with Gasteiger partial charge in [-0.05, 0) is 48.9 Å². The molecule has 1 aliphatic rings.